The summed E-state index contributed by atoms with van der Waals surface area (Å²) in [6.45, 7) is -0.212. The van der Waals surface area contributed by atoms with Gasteiger partial charge in [0.25, 0.3) is 0 Å². The summed E-state index contributed by atoms with van der Waals surface area (Å²) in [4.78, 5) is 12.2. The van der Waals surface area contributed by atoms with E-state index in [1.165, 1.54) is 4.90 Å². The van der Waals surface area contributed by atoms with Gasteiger partial charge in [0.15, 0.2) is 6.10 Å². The number of benzene rings is 1. The molecule has 1 atom stereocenters. The summed E-state index contributed by atoms with van der Waals surface area (Å²) in [5, 5.41) is 18.1. The summed E-state index contributed by atoms with van der Waals surface area (Å²) < 4.78 is 33.6. The maximum Gasteiger partial charge on any atom is 0.397 e. The summed E-state index contributed by atoms with van der Waals surface area (Å²) >= 11 is 0. The highest BCUT2D eigenvalue weighted by Crippen LogP contribution is 2.06. The van der Waals surface area contributed by atoms with Crippen LogP contribution in [0.5, 0.6) is 0 Å². The zero-order valence-corrected chi connectivity index (χ0v) is 11.9. The molecule has 1 aromatic carbocycles. The number of aliphatic hydroxyl groups is 1. The Bertz CT molecular complexity index is 546. The van der Waals surface area contributed by atoms with Crippen LogP contribution in [0.3, 0.4) is 0 Å². The molecule has 0 saturated carbocycles. The molecule has 0 spiro atoms. The Labute approximate surface area is 122 Å². The smallest absolute Gasteiger partial charge is 0.397 e. The molecule has 21 heavy (non-hydrogen) atoms. The van der Waals surface area contributed by atoms with Crippen LogP contribution in [0.25, 0.3) is 0 Å². The first-order chi connectivity index (χ1) is 9.78. The van der Waals surface area contributed by atoms with Gasteiger partial charge in [-0.2, -0.15) is 8.42 Å². The Morgan fingerprint density at radius 1 is 1.29 bits per heavy atom. The normalized spacial score (nSPS) is 13.3. The minimum absolute atomic E-state index is 0.0268. The second-order valence-corrected chi connectivity index (χ2v) is 5.42. The summed E-state index contributed by atoms with van der Waals surface area (Å²) in [6, 6.07) is 9.04. The van der Waals surface area contributed by atoms with Crippen LogP contribution in [0.1, 0.15) is 5.56 Å². The molecule has 0 amide bonds. The average Bonchev–Trinajstić information content (AvgIpc) is 2.38. The first kappa shape index (κ1) is 17.5. The Kier molecular flexibility index (Phi) is 6.72. The lowest BCUT2D eigenvalue weighted by Gasteiger charge is -2.23. The predicted octanol–water partition coefficient (Wildman–Crippen LogP) is -0.246. The molecule has 0 heterocycles. The Balaban J connectivity index is 2.63. The number of carboxylic acid groups (broad SMARTS) is 1. The number of aliphatic carboxylic acids is 1. The number of carboxylic acids is 1. The van der Waals surface area contributed by atoms with Gasteiger partial charge in [-0.15, -0.1) is 0 Å². The summed E-state index contributed by atoms with van der Waals surface area (Å²) in [5.74, 6) is -1.37. The standard InChI is InChI=1S/C12H17NO7S/c14-11(12(15)16)9-13(6-7-20-21(17,18)19)8-10-4-2-1-3-5-10/h1-5,11,14H,6-9H2,(H,15,16)(H,17,18,19)/t11-/m0/s1. The van der Waals surface area contributed by atoms with Gasteiger partial charge < -0.3 is 10.2 Å². The van der Waals surface area contributed by atoms with Gasteiger partial charge in [-0.1, -0.05) is 30.3 Å². The molecule has 0 unspecified atom stereocenters. The predicted molar refractivity (Wildman–Crippen MR) is 72.9 cm³/mol. The fourth-order valence-corrected chi connectivity index (χ4v) is 1.96. The summed E-state index contributed by atoms with van der Waals surface area (Å²) in [7, 11) is -4.54. The topological polar surface area (TPSA) is 124 Å². The molecular weight excluding hydrogens is 302 g/mol. The largest absolute Gasteiger partial charge is 0.479 e. The molecule has 0 fully saturated rings. The van der Waals surface area contributed by atoms with Gasteiger partial charge in [0, 0.05) is 19.6 Å². The summed E-state index contributed by atoms with van der Waals surface area (Å²) in [6.07, 6.45) is -1.60. The maximum absolute atomic E-state index is 10.7. The van der Waals surface area contributed by atoms with E-state index in [1.54, 1.807) is 12.1 Å². The van der Waals surface area contributed by atoms with Crippen LogP contribution >= 0.6 is 0 Å². The molecular formula is C12H17NO7S. The van der Waals surface area contributed by atoms with Gasteiger partial charge in [-0.25, -0.2) is 8.98 Å². The van der Waals surface area contributed by atoms with Gasteiger partial charge in [0.1, 0.15) is 0 Å². The molecule has 118 valence electrons. The molecule has 0 radical (unpaired) electrons. The molecule has 1 rings (SSSR count). The van der Waals surface area contributed by atoms with Crippen LogP contribution in [0.4, 0.5) is 0 Å². The van der Waals surface area contributed by atoms with Gasteiger partial charge in [-0.05, 0) is 5.56 Å². The third-order valence-electron chi connectivity index (χ3n) is 2.60. The van der Waals surface area contributed by atoms with E-state index in [2.05, 4.69) is 4.18 Å². The SMILES string of the molecule is O=C(O)[C@@H](O)CN(CCOS(=O)(=O)O)Cc1ccccc1. The second kappa shape index (κ2) is 8.05. The van der Waals surface area contributed by atoms with Crippen LogP contribution in [-0.4, -0.2) is 59.9 Å². The number of hydrogen-bond acceptors (Lipinski definition) is 6. The molecule has 0 aliphatic heterocycles. The van der Waals surface area contributed by atoms with Crippen molar-refractivity contribution in [2.24, 2.45) is 0 Å². The number of nitrogens with zero attached hydrogens (tertiary/aromatic N) is 1. The zero-order valence-electron chi connectivity index (χ0n) is 11.1. The van der Waals surface area contributed by atoms with Crippen molar-refractivity contribution in [1.29, 1.82) is 0 Å². The minimum atomic E-state index is -4.54. The van der Waals surface area contributed by atoms with E-state index < -0.39 is 22.5 Å². The first-order valence-electron chi connectivity index (χ1n) is 6.07. The molecule has 0 aromatic heterocycles. The van der Waals surface area contributed by atoms with Crippen molar-refractivity contribution in [3.8, 4) is 0 Å². The highest BCUT2D eigenvalue weighted by molar-refractivity contribution is 7.80. The van der Waals surface area contributed by atoms with Crippen molar-refractivity contribution in [1.82, 2.24) is 4.90 Å². The third kappa shape index (κ3) is 7.73. The van der Waals surface area contributed by atoms with Gasteiger partial charge >= 0.3 is 16.4 Å². The second-order valence-electron chi connectivity index (χ2n) is 4.32. The molecule has 1 aromatic rings. The van der Waals surface area contributed by atoms with E-state index in [4.69, 9.17) is 9.66 Å². The van der Waals surface area contributed by atoms with Crippen molar-refractivity contribution >= 4 is 16.4 Å². The lowest BCUT2D eigenvalue weighted by Crippen LogP contribution is -2.38. The van der Waals surface area contributed by atoms with Crippen LogP contribution in [0.15, 0.2) is 30.3 Å². The molecule has 8 nitrogen and oxygen atoms in total. The van der Waals surface area contributed by atoms with Crippen LogP contribution < -0.4 is 0 Å². The van der Waals surface area contributed by atoms with Crippen LogP contribution in [0, 0.1) is 0 Å². The van der Waals surface area contributed by atoms with E-state index in [9.17, 15) is 18.3 Å². The molecule has 0 saturated heterocycles. The van der Waals surface area contributed by atoms with Crippen molar-refractivity contribution < 1.29 is 32.2 Å². The van der Waals surface area contributed by atoms with Gasteiger partial charge in [0.05, 0.1) is 6.61 Å². The first-order valence-corrected chi connectivity index (χ1v) is 7.43. The van der Waals surface area contributed by atoms with E-state index in [0.717, 1.165) is 5.56 Å². The lowest BCUT2D eigenvalue weighted by atomic mass is 10.2. The molecule has 9 heteroatoms. The van der Waals surface area contributed by atoms with Crippen molar-refractivity contribution in [3.05, 3.63) is 35.9 Å². The highest BCUT2D eigenvalue weighted by atomic mass is 32.3. The minimum Gasteiger partial charge on any atom is -0.479 e. The average molecular weight is 319 g/mol. The van der Waals surface area contributed by atoms with Crippen LogP contribution in [0.2, 0.25) is 0 Å². The lowest BCUT2D eigenvalue weighted by molar-refractivity contribution is -0.147. The Hall–Kier alpha value is -1.52. The zero-order chi connectivity index (χ0) is 15.9. The Morgan fingerprint density at radius 3 is 2.43 bits per heavy atom. The van der Waals surface area contributed by atoms with E-state index in [1.807, 2.05) is 18.2 Å². The fraction of sp³-hybridized carbons (Fsp3) is 0.417. The van der Waals surface area contributed by atoms with E-state index in [0.29, 0.717) is 6.54 Å². The molecule has 0 aliphatic carbocycles. The monoisotopic (exact) mass is 319 g/mol. The maximum atomic E-state index is 10.7. The number of hydrogen-bond donors (Lipinski definition) is 3. The van der Waals surface area contributed by atoms with Crippen molar-refractivity contribution in [3.63, 3.8) is 0 Å². The number of rotatable bonds is 9. The summed E-state index contributed by atoms with van der Waals surface area (Å²) in [5.41, 5.74) is 0.863. The highest BCUT2D eigenvalue weighted by Gasteiger charge is 2.18. The molecule has 0 bridgehead atoms. The van der Waals surface area contributed by atoms with Gasteiger partial charge in [-0.3, -0.25) is 9.45 Å². The molecule has 0 aliphatic rings. The quantitative estimate of drug-likeness (QED) is 0.532. The van der Waals surface area contributed by atoms with E-state index in [-0.39, 0.29) is 19.7 Å². The number of carbonyl (C=O) groups is 1. The van der Waals surface area contributed by atoms with E-state index >= 15 is 0 Å². The number of aliphatic hydroxyl groups excluding tert-OH is 1. The Morgan fingerprint density at radius 2 is 1.90 bits per heavy atom. The van der Waals surface area contributed by atoms with Gasteiger partial charge in [0.2, 0.25) is 0 Å². The van der Waals surface area contributed by atoms with Crippen molar-refractivity contribution in [2.45, 2.75) is 12.6 Å². The fourth-order valence-electron chi connectivity index (χ4n) is 1.67. The third-order valence-corrected chi connectivity index (χ3v) is 3.07. The molecule has 3 N–H and O–H groups in total. The van der Waals surface area contributed by atoms with Crippen molar-refractivity contribution in [2.75, 3.05) is 19.7 Å². The van der Waals surface area contributed by atoms with Crippen LogP contribution in [-0.2, 0) is 25.9 Å².